The van der Waals surface area contributed by atoms with Crippen molar-refractivity contribution in [2.75, 3.05) is 0 Å². The Bertz CT molecular complexity index is 464. The summed E-state index contributed by atoms with van der Waals surface area (Å²) in [6.07, 6.45) is 0. The SMILES string of the molecule is Fc1cc(F)c(F)cc1F.[Ti+2].c1cc[cH-]c1.c1cc[cH-]c1. The van der Waals surface area contributed by atoms with Gasteiger partial charge >= 0.3 is 21.7 Å². The van der Waals surface area contributed by atoms with Crippen LogP contribution >= 0.6 is 0 Å². The molecule has 0 heterocycles. The first-order valence-electron chi connectivity index (χ1n) is 5.74. The van der Waals surface area contributed by atoms with Crippen LogP contribution in [0.25, 0.3) is 0 Å². The third-order valence-corrected chi connectivity index (χ3v) is 2.07. The van der Waals surface area contributed by atoms with Crippen LogP contribution < -0.4 is 0 Å². The van der Waals surface area contributed by atoms with E-state index in [-0.39, 0.29) is 33.9 Å². The molecule has 0 saturated carbocycles. The molecule has 0 fully saturated rings. The standard InChI is InChI=1S/C6H2F4.2C5H5.Ti/c7-3-1-4(8)6(10)2-5(3)9;2*1-2-4-5-3-1;/h1-2H;2*1-5H;/q;2*-1;+2. The van der Waals surface area contributed by atoms with Gasteiger partial charge in [0.2, 0.25) is 0 Å². The zero-order valence-corrected chi connectivity index (χ0v) is 12.5. The van der Waals surface area contributed by atoms with Crippen LogP contribution in [0.3, 0.4) is 0 Å². The number of rotatable bonds is 0. The van der Waals surface area contributed by atoms with Crippen molar-refractivity contribution >= 4 is 0 Å². The first-order chi connectivity index (χ1) is 9.61. The normalized spacial score (nSPS) is 8.57. The van der Waals surface area contributed by atoms with E-state index in [2.05, 4.69) is 0 Å². The Morgan fingerprint density at radius 1 is 0.524 bits per heavy atom. The Morgan fingerprint density at radius 3 is 0.905 bits per heavy atom. The van der Waals surface area contributed by atoms with Crippen LogP contribution in [-0.4, -0.2) is 0 Å². The summed E-state index contributed by atoms with van der Waals surface area (Å²) < 4.78 is 47.9. The van der Waals surface area contributed by atoms with Crippen LogP contribution in [0.5, 0.6) is 0 Å². The van der Waals surface area contributed by atoms with E-state index < -0.39 is 23.3 Å². The third-order valence-electron chi connectivity index (χ3n) is 2.07. The monoisotopic (exact) mass is 328 g/mol. The summed E-state index contributed by atoms with van der Waals surface area (Å²) in [6, 6.07) is 20.3. The van der Waals surface area contributed by atoms with Crippen molar-refractivity contribution in [2.45, 2.75) is 0 Å². The fourth-order valence-electron chi connectivity index (χ4n) is 1.14. The Morgan fingerprint density at radius 2 is 0.762 bits per heavy atom. The minimum atomic E-state index is -1.39. The minimum absolute atomic E-state index is 0. The molecule has 0 spiro atoms. The second kappa shape index (κ2) is 11.1. The fourth-order valence-corrected chi connectivity index (χ4v) is 1.14. The van der Waals surface area contributed by atoms with Gasteiger partial charge in [0, 0.05) is 12.1 Å². The summed E-state index contributed by atoms with van der Waals surface area (Å²) in [4.78, 5) is 0. The molecule has 0 aliphatic rings. The van der Waals surface area contributed by atoms with Crippen LogP contribution in [-0.2, 0) is 21.7 Å². The summed E-state index contributed by atoms with van der Waals surface area (Å²) in [5.41, 5.74) is 0. The number of benzene rings is 1. The van der Waals surface area contributed by atoms with Crippen LogP contribution in [0.2, 0.25) is 0 Å². The first-order valence-corrected chi connectivity index (χ1v) is 5.74. The molecular weight excluding hydrogens is 316 g/mol. The molecule has 108 valence electrons. The molecule has 0 unspecified atom stereocenters. The zero-order chi connectivity index (χ0) is 14.8. The van der Waals surface area contributed by atoms with Gasteiger partial charge in [0.15, 0.2) is 23.3 Å². The summed E-state index contributed by atoms with van der Waals surface area (Å²) in [5, 5.41) is 0. The summed E-state index contributed by atoms with van der Waals surface area (Å²) >= 11 is 0. The predicted octanol–water partition coefficient (Wildman–Crippen LogP) is 5.05. The van der Waals surface area contributed by atoms with E-state index in [9.17, 15) is 17.6 Å². The van der Waals surface area contributed by atoms with Crippen LogP contribution in [0, 0.1) is 23.3 Å². The Kier molecular flexibility index (Phi) is 10.2. The van der Waals surface area contributed by atoms with Gasteiger partial charge in [0.05, 0.1) is 0 Å². The molecule has 0 saturated heterocycles. The minimum Gasteiger partial charge on any atom is -0.214 e. The van der Waals surface area contributed by atoms with Gasteiger partial charge in [-0.25, -0.2) is 41.8 Å². The van der Waals surface area contributed by atoms with E-state index in [4.69, 9.17) is 0 Å². The van der Waals surface area contributed by atoms with Gasteiger partial charge in [-0.1, -0.05) is 0 Å². The Balaban J connectivity index is 0.000000307. The van der Waals surface area contributed by atoms with Crippen LogP contribution in [0.1, 0.15) is 0 Å². The van der Waals surface area contributed by atoms with Gasteiger partial charge < -0.3 is 0 Å². The molecule has 0 atom stereocenters. The molecule has 0 bridgehead atoms. The van der Waals surface area contributed by atoms with Crippen molar-refractivity contribution in [3.8, 4) is 0 Å². The Hall–Kier alpha value is -1.65. The summed E-state index contributed by atoms with van der Waals surface area (Å²) in [7, 11) is 0. The topological polar surface area (TPSA) is 0 Å². The van der Waals surface area contributed by atoms with Crippen molar-refractivity contribution in [3.63, 3.8) is 0 Å². The van der Waals surface area contributed by atoms with Crippen LogP contribution in [0.4, 0.5) is 17.6 Å². The predicted molar refractivity (Wildman–Crippen MR) is 70.3 cm³/mol. The average molecular weight is 328 g/mol. The van der Waals surface area contributed by atoms with Gasteiger partial charge in [-0.3, -0.25) is 0 Å². The molecule has 3 aromatic rings. The van der Waals surface area contributed by atoms with Gasteiger partial charge in [-0.2, -0.15) is 36.4 Å². The van der Waals surface area contributed by atoms with E-state index in [1.165, 1.54) is 0 Å². The van der Waals surface area contributed by atoms with Crippen molar-refractivity contribution in [2.24, 2.45) is 0 Å². The molecule has 0 aromatic heterocycles. The second-order valence-electron chi connectivity index (χ2n) is 3.60. The molecule has 0 aliphatic heterocycles. The molecule has 21 heavy (non-hydrogen) atoms. The molecule has 0 amide bonds. The number of hydrogen-bond acceptors (Lipinski definition) is 0. The quantitative estimate of drug-likeness (QED) is 0.234. The molecule has 0 radical (unpaired) electrons. The zero-order valence-electron chi connectivity index (χ0n) is 10.9. The van der Waals surface area contributed by atoms with Crippen LogP contribution in [0.15, 0.2) is 72.8 Å². The Labute approximate surface area is 135 Å². The maximum atomic E-state index is 12.0. The van der Waals surface area contributed by atoms with Gasteiger partial charge in [0.25, 0.3) is 0 Å². The van der Waals surface area contributed by atoms with E-state index in [0.29, 0.717) is 0 Å². The third kappa shape index (κ3) is 8.28. The fraction of sp³-hybridized carbons (Fsp3) is 0. The molecule has 5 heteroatoms. The van der Waals surface area contributed by atoms with Crippen molar-refractivity contribution in [1.82, 2.24) is 0 Å². The molecule has 0 aliphatic carbocycles. The summed E-state index contributed by atoms with van der Waals surface area (Å²) in [6.45, 7) is 0. The van der Waals surface area contributed by atoms with E-state index in [1.54, 1.807) is 0 Å². The van der Waals surface area contributed by atoms with Gasteiger partial charge in [-0.15, -0.1) is 0 Å². The van der Waals surface area contributed by atoms with Gasteiger partial charge in [0.1, 0.15) is 0 Å². The average Bonchev–Trinajstić information content (AvgIpc) is 3.14. The molecule has 0 N–H and O–H groups in total. The summed E-state index contributed by atoms with van der Waals surface area (Å²) in [5.74, 6) is -5.56. The van der Waals surface area contributed by atoms with Crippen molar-refractivity contribution < 1.29 is 39.3 Å². The largest absolute Gasteiger partial charge is 2.00 e. The smallest absolute Gasteiger partial charge is 0.214 e. The maximum absolute atomic E-state index is 12.0. The maximum Gasteiger partial charge on any atom is 2.00 e. The van der Waals surface area contributed by atoms with E-state index in [1.807, 2.05) is 60.7 Å². The second-order valence-corrected chi connectivity index (χ2v) is 3.60. The first kappa shape index (κ1) is 19.4. The molecule has 3 aromatic carbocycles. The van der Waals surface area contributed by atoms with Crippen molar-refractivity contribution in [3.05, 3.63) is 96.1 Å². The van der Waals surface area contributed by atoms with E-state index >= 15 is 0 Å². The number of halogens is 4. The van der Waals surface area contributed by atoms with Crippen molar-refractivity contribution in [1.29, 1.82) is 0 Å². The molecular formula is C16H12F4Ti. The van der Waals surface area contributed by atoms with E-state index in [0.717, 1.165) is 0 Å². The number of hydrogen-bond donors (Lipinski definition) is 0. The molecule has 3 rings (SSSR count). The molecule has 0 nitrogen and oxygen atoms in total. The van der Waals surface area contributed by atoms with Gasteiger partial charge in [-0.05, 0) is 0 Å².